The van der Waals surface area contributed by atoms with E-state index in [9.17, 15) is 0 Å². The molecule has 4 radical (unpaired) electrons. The predicted octanol–water partition coefficient (Wildman–Crippen LogP) is 10.2. The van der Waals surface area contributed by atoms with Gasteiger partial charge in [0.15, 0.2) is 11.8 Å². The van der Waals surface area contributed by atoms with Gasteiger partial charge in [-0.2, -0.15) is 0 Å². The fourth-order valence-electron chi connectivity index (χ4n) is 5.20. The minimum Gasteiger partial charge on any atom is -0.528 e. The maximum absolute atomic E-state index is 6.00. The maximum atomic E-state index is 6.00. The van der Waals surface area contributed by atoms with Crippen LogP contribution in [0.15, 0.2) is 48.8 Å². The van der Waals surface area contributed by atoms with Gasteiger partial charge in [0.05, 0.1) is 11.4 Å². The van der Waals surface area contributed by atoms with Crippen LogP contribution in [-0.4, -0.2) is 39.7 Å². The Hall–Kier alpha value is -2.59. The van der Waals surface area contributed by atoms with Gasteiger partial charge in [-0.05, 0) is 59.3 Å². The van der Waals surface area contributed by atoms with E-state index in [4.69, 9.17) is 8.85 Å². The Balaban J connectivity index is 1.39. The third-order valence-corrected chi connectivity index (χ3v) is 10.3. The zero-order valence-electron chi connectivity index (χ0n) is 28.0. The van der Waals surface area contributed by atoms with Crippen LogP contribution in [0.2, 0.25) is 11.1 Å². The second kappa shape index (κ2) is 20.4. The number of unbranched alkanes of at least 4 members (excludes halogenated alkanes) is 2. The summed E-state index contributed by atoms with van der Waals surface area (Å²) in [6.07, 6.45) is 19.2. The molecule has 4 unspecified atom stereocenters. The molecule has 0 amide bonds. The Labute approximate surface area is 272 Å². The van der Waals surface area contributed by atoms with E-state index in [1.165, 1.54) is 77.0 Å². The van der Waals surface area contributed by atoms with Gasteiger partial charge in [-0.15, -0.1) is 10.2 Å². The summed E-state index contributed by atoms with van der Waals surface area (Å²) in [7, 11) is 0.848. The van der Waals surface area contributed by atoms with Gasteiger partial charge in [0.25, 0.3) is 0 Å². The SMILES string of the molecule is CCCCC(C)CCCC(C)[Si]Oc1ccc(-c2ccc(-c3ccc(O[Si]C(C)CCCC(C)CCCC)nc3)nn2)cn1. The minimum atomic E-state index is 0.424. The van der Waals surface area contributed by atoms with Crippen LogP contribution in [-0.2, 0) is 0 Å². The highest BCUT2D eigenvalue weighted by molar-refractivity contribution is 6.30. The summed E-state index contributed by atoms with van der Waals surface area (Å²) in [5.74, 6) is 3.00. The van der Waals surface area contributed by atoms with Crippen LogP contribution in [0.3, 0.4) is 0 Å². The largest absolute Gasteiger partial charge is 0.528 e. The molecular formula is C36H54N4O2Si2. The summed E-state index contributed by atoms with van der Waals surface area (Å²) < 4.78 is 12.0. The average molecular weight is 631 g/mol. The first kappa shape index (κ1) is 35.9. The van der Waals surface area contributed by atoms with Crippen LogP contribution in [0.4, 0.5) is 0 Å². The molecule has 0 aliphatic rings. The molecule has 0 spiro atoms. The maximum Gasteiger partial charge on any atom is 0.316 e. The molecule has 6 nitrogen and oxygen atoms in total. The van der Waals surface area contributed by atoms with E-state index < -0.39 is 0 Å². The summed E-state index contributed by atoms with van der Waals surface area (Å²) >= 11 is 0. The zero-order chi connectivity index (χ0) is 31.6. The van der Waals surface area contributed by atoms with Gasteiger partial charge in [-0.1, -0.05) is 119 Å². The highest BCUT2D eigenvalue weighted by atomic mass is 28.2. The van der Waals surface area contributed by atoms with Crippen molar-refractivity contribution in [3.05, 3.63) is 48.8 Å². The lowest BCUT2D eigenvalue weighted by molar-refractivity contribution is 0.443. The molecule has 3 heterocycles. The van der Waals surface area contributed by atoms with E-state index in [0.717, 1.165) is 34.4 Å². The second-order valence-corrected chi connectivity index (χ2v) is 15.5. The van der Waals surface area contributed by atoms with Crippen LogP contribution in [0.5, 0.6) is 11.8 Å². The Morgan fingerprint density at radius 3 is 1.30 bits per heavy atom. The van der Waals surface area contributed by atoms with Gasteiger partial charge in [0.2, 0.25) is 0 Å². The van der Waals surface area contributed by atoms with E-state index in [0.29, 0.717) is 42.4 Å². The van der Waals surface area contributed by atoms with E-state index in [2.05, 4.69) is 61.7 Å². The Bertz CT molecular complexity index is 1070. The molecule has 8 heteroatoms. The molecule has 0 bridgehead atoms. The Morgan fingerprint density at radius 1 is 0.545 bits per heavy atom. The molecule has 0 aliphatic carbocycles. The lowest BCUT2D eigenvalue weighted by Crippen LogP contribution is -2.10. The van der Waals surface area contributed by atoms with E-state index in [1.807, 2.05) is 48.8 Å². The van der Waals surface area contributed by atoms with Crippen molar-refractivity contribution in [2.45, 2.75) is 130 Å². The van der Waals surface area contributed by atoms with Crippen molar-refractivity contribution in [1.29, 1.82) is 0 Å². The highest BCUT2D eigenvalue weighted by Gasteiger charge is 2.12. The molecule has 0 aliphatic heterocycles. The van der Waals surface area contributed by atoms with Gasteiger partial charge in [-0.3, -0.25) is 0 Å². The van der Waals surface area contributed by atoms with Crippen LogP contribution < -0.4 is 8.85 Å². The fourth-order valence-corrected chi connectivity index (χ4v) is 6.73. The molecule has 3 aromatic heterocycles. The first-order valence-corrected chi connectivity index (χ1v) is 19.0. The molecule has 0 N–H and O–H groups in total. The molecular weight excluding hydrogens is 577 g/mol. The van der Waals surface area contributed by atoms with Crippen molar-refractivity contribution in [1.82, 2.24) is 20.2 Å². The molecule has 0 fully saturated rings. The number of hydrogen-bond donors (Lipinski definition) is 0. The van der Waals surface area contributed by atoms with Gasteiger partial charge in [0, 0.05) is 23.5 Å². The normalized spacial score (nSPS) is 14.1. The quantitative estimate of drug-likeness (QED) is 0.103. The number of pyridine rings is 2. The Morgan fingerprint density at radius 2 is 0.955 bits per heavy atom. The smallest absolute Gasteiger partial charge is 0.316 e. The third-order valence-electron chi connectivity index (χ3n) is 8.23. The molecule has 238 valence electrons. The van der Waals surface area contributed by atoms with Crippen LogP contribution in [0, 0.1) is 11.8 Å². The van der Waals surface area contributed by atoms with Crippen LogP contribution >= 0.6 is 0 Å². The first-order chi connectivity index (χ1) is 21.4. The monoisotopic (exact) mass is 630 g/mol. The lowest BCUT2D eigenvalue weighted by atomic mass is 9.98. The minimum absolute atomic E-state index is 0.424. The van der Waals surface area contributed by atoms with Crippen LogP contribution in [0.1, 0.15) is 119 Å². The van der Waals surface area contributed by atoms with Crippen LogP contribution in [0.25, 0.3) is 22.5 Å². The second-order valence-electron chi connectivity index (χ2n) is 12.7. The van der Waals surface area contributed by atoms with Gasteiger partial charge < -0.3 is 8.85 Å². The van der Waals surface area contributed by atoms with E-state index in [-0.39, 0.29) is 0 Å². The van der Waals surface area contributed by atoms with E-state index >= 15 is 0 Å². The van der Waals surface area contributed by atoms with Gasteiger partial charge in [0.1, 0.15) is 0 Å². The van der Waals surface area contributed by atoms with Crippen molar-refractivity contribution >= 4 is 19.5 Å². The molecule has 3 rings (SSSR count). The number of aromatic nitrogens is 4. The van der Waals surface area contributed by atoms with Crippen molar-refractivity contribution in [3.63, 3.8) is 0 Å². The first-order valence-electron chi connectivity index (χ1n) is 17.0. The molecule has 3 aromatic rings. The summed E-state index contributed by atoms with van der Waals surface area (Å²) in [6.45, 7) is 13.8. The average Bonchev–Trinajstić information content (AvgIpc) is 3.05. The number of rotatable bonds is 22. The number of nitrogens with zero attached hydrogens (tertiary/aromatic N) is 4. The van der Waals surface area contributed by atoms with Crippen molar-refractivity contribution in [2.75, 3.05) is 0 Å². The molecule has 0 saturated heterocycles. The highest BCUT2D eigenvalue weighted by Crippen LogP contribution is 2.24. The predicted molar refractivity (Wildman–Crippen MR) is 185 cm³/mol. The molecule has 0 saturated carbocycles. The summed E-state index contributed by atoms with van der Waals surface area (Å²) in [6, 6.07) is 11.8. The van der Waals surface area contributed by atoms with Crippen molar-refractivity contribution in [3.8, 4) is 34.3 Å². The molecule has 0 aromatic carbocycles. The van der Waals surface area contributed by atoms with Crippen molar-refractivity contribution in [2.24, 2.45) is 11.8 Å². The summed E-state index contributed by atoms with van der Waals surface area (Å²) in [4.78, 5) is 9.04. The van der Waals surface area contributed by atoms with Gasteiger partial charge in [-0.25, -0.2) is 9.97 Å². The lowest BCUT2D eigenvalue weighted by Gasteiger charge is -2.13. The number of hydrogen-bond acceptors (Lipinski definition) is 6. The molecule has 44 heavy (non-hydrogen) atoms. The van der Waals surface area contributed by atoms with Gasteiger partial charge >= 0.3 is 19.5 Å². The Kier molecular flexibility index (Phi) is 16.7. The summed E-state index contributed by atoms with van der Waals surface area (Å²) in [5, 5.41) is 8.90. The van der Waals surface area contributed by atoms with Crippen molar-refractivity contribution < 1.29 is 8.85 Å². The topological polar surface area (TPSA) is 70.0 Å². The molecule has 4 atom stereocenters. The fraction of sp³-hybridized carbons (Fsp3) is 0.611. The standard InChI is InChI=1S/C36H54N4O2Si2/c1-7-9-13-27(3)15-11-17-29(5)43-41-35-23-19-31(25-37-35)33-21-22-34(40-39-33)32-20-24-36(38-26-32)42-44-30(6)18-12-16-28(4)14-10-8-2/h19-30H,7-18H2,1-6H3. The third kappa shape index (κ3) is 13.6. The zero-order valence-corrected chi connectivity index (χ0v) is 30.0. The van der Waals surface area contributed by atoms with E-state index in [1.54, 1.807) is 0 Å². The summed E-state index contributed by atoms with van der Waals surface area (Å²) in [5.41, 5.74) is 4.49.